The number of likely N-dealkylation sites (N-methyl/N-ethyl adjacent to an activating group) is 1. The van der Waals surface area contributed by atoms with Crippen molar-refractivity contribution < 1.29 is 14.3 Å². The van der Waals surface area contributed by atoms with Crippen molar-refractivity contribution in [1.82, 2.24) is 14.8 Å². The summed E-state index contributed by atoms with van der Waals surface area (Å²) in [6, 6.07) is 0. The lowest BCUT2D eigenvalue weighted by molar-refractivity contribution is -0.166. The molecule has 0 radical (unpaired) electrons. The van der Waals surface area contributed by atoms with E-state index in [1.54, 1.807) is 15.3 Å². The second-order valence-corrected chi connectivity index (χ2v) is 6.87. The SMILES string of the molecule is Cc1ncsc1C(=O)N1CCOC2(CCCCN(C)C2=O)C1. The Morgan fingerprint density at radius 2 is 2.23 bits per heavy atom. The lowest BCUT2D eigenvalue weighted by Crippen LogP contribution is -2.60. The van der Waals surface area contributed by atoms with Gasteiger partial charge in [-0.15, -0.1) is 11.3 Å². The van der Waals surface area contributed by atoms with E-state index in [-0.39, 0.29) is 11.8 Å². The van der Waals surface area contributed by atoms with Crippen LogP contribution in [0.25, 0.3) is 0 Å². The highest BCUT2D eigenvalue weighted by Crippen LogP contribution is 2.30. The number of morpholine rings is 1. The Labute approximate surface area is 134 Å². The third-order valence-electron chi connectivity index (χ3n) is 4.47. The maximum atomic E-state index is 12.7. The van der Waals surface area contributed by atoms with Gasteiger partial charge in [0.2, 0.25) is 0 Å². The molecule has 0 aliphatic carbocycles. The average molecular weight is 323 g/mol. The number of aryl methyl sites for hydroxylation is 1. The molecule has 6 nitrogen and oxygen atoms in total. The van der Waals surface area contributed by atoms with Crippen LogP contribution in [-0.4, -0.2) is 65.5 Å². The first kappa shape index (κ1) is 15.4. The van der Waals surface area contributed by atoms with E-state index in [1.165, 1.54) is 11.3 Å². The molecular formula is C15H21N3O3S. The van der Waals surface area contributed by atoms with E-state index in [9.17, 15) is 9.59 Å². The minimum absolute atomic E-state index is 0.00327. The summed E-state index contributed by atoms with van der Waals surface area (Å²) in [5.41, 5.74) is 1.57. The zero-order valence-electron chi connectivity index (χ0n) is 13.0. The molecule has 2 fully saturated rings. The number of ether oxygens (including phenoxy) is 1. The van der Waals surface area contributed by atoms with Crippen LogP contribution in [0.1, 0.15) is 34.6 Å². The van der Waals surface area contributed by atoms with Gasteiger partial charge < -0.3 is 14.5 Å². The summed E-state index contributed by atoms with van der Waals surface area (Å²) in [6.07, 6.45) is 2.61. The molecule has 3 heterocycles. The number of hydrogen-bond donors (Lipinski definition) is 0. The van der Waals surface area contributed by atoms with Crippen molar-refractivity contribution in [2.45, 2.75) is 31.8 Å². The van der Waals surface area contributed by atoms with E-state index in [4.69, 9.17) is 4.74 Å². The predicted octanol–water partition coefficient (Wildman–Crippen LogP) is 1.31. The van der Waals surface area contributed by atoms with E-state index in [2.05, 4.69) is 4.98 Å². The highest BCUT2D eigenvalue weighted by atomic mass is 32.1. The Hall–Kier alpha value is -1.47. The van der Waals surface area contributed by atoms with Gasteiger partial charge in [-0.25, -0.2) is 4.98 Å². The highest BCUT2D eigenvalue weighted by molar-refractivity contribution is 7.11. The van der Waals surface area contributed by atoms with E-state index < -0.39 is 5.60 Å². The molecule has 0 aromatic carbocycles. The molecule has 0 bridgehead atoms. The Kier molecular flexibility index (Phi) is 4.18. The molecular weight excluding hydrogens is 302 g/mol. The number of aromatic nitrogens is 1. The van der Waals surface area contributed by atoms with Gasteiger partial charge in [-0.05, 0) is 26.2 Å². The lowest BCUT2D eigenvalue weighted by atomic mass is 9.94. The quantitative estimate of drug-likeness (QED) is 0.782. The summed E-state index contributed by atoms with van der Waals surface area (Å²) < 4.78 is 5.90. The molecule has 1 spiro atoms. The van der Waals surface area contributed by atoms with Crippen molar-refractivity contribution >= 4 is 23.2 Å². The molecule has 0 N–H and O–H groups in total. The number of carbonyl (C=O) groups excluding carboxylic acids is 2. The highest BCUT2D eigenvalue weighted by Gasteiger charge is 2.47. The van der Waals surface area contributed by atoms with Crippen molar-refractivity contribution in [1.29, 1.82) is 0 Å². The van der Waals surface area contributed by atoms with Gasteiger partial charge in [-0.3, -0.25) is 9.59 Å². The maximum Gasteiger partial charge on any atom is 0.266 e. The molecule has 2 saturated heterocycles. The van der Waals surface area contributed by atoms with Gasteiger partial charge in [0.05, 0.1) is 24.4 Å². The predicted molar refractivity (Wildman–Crippen MR) is 82.9 cm³/mol. The average Bonchev–Trinajstić information content (AvgIpc) is 2.91. The largest absolute Gasteiger partial charge is 0.361 e. The first-order valence-corrected chi connectivity index (χ1v) is 8.50. The molecule has 0 saturated carbocycles. The van der Waals surface area contributed by atoms with Crippen LogP contribution in [0.4, 0.5) is 0 Å². The fourth-order valence-electron chi connectivity index (χ4n) is 3.20. The number of hydrogen-bond acceptors (Lipinski definition) is 5. The molecule has 1 unspecified atom stereocenters. The minimum Gasteiger partial charge on any atom is -0.361 e. The van der Waals surface area contributed by atoms with Crippen molar-refractivity contribution in [3.05, 3.63) is 16.1 Å². The fraction of sp³-hybridized carbons (Fsp3) is 0.667. The molecule has 2 aliphatic rings. The summed E-state index contributed by atoms with van der Waals surface area (Å²) in [4.78, 5) is 33.7. The maximum absolute atomic E-state index is 12.7. The Morgan fingerprint density at radius 3 is 2.95 bits per heavy atom. The number of likely N-dealkylation sites (tertiary alicyclic amines) is 1. The molecule has 2 aliphatic heterocycles. The van der Waals surface area contributed by atoms with Gasteiger partial charge in [0, 0.05) is 20.1 Å². The zero-order chi connectivity index (χ0) is 15.7. The molecule has 3 rings (SSSR count). The Morgan fingerprint density at radius 1 is 1.41 bits per heavy atom. The first-order chi connectivity index (χ1) is 10.5. The summed E-state index contributed by atoms with van der Waals surface area (Å²) >= 11 is 1.35. The third kappa shape index (κ3) is 2.63. The summed E-state index contributed by atoms with van der Waals surface area (Å²) in [7, 11) is 1.81. The standard InChI is InChI=1S/C15H21N3O3S/c1-11-12(22-10-16-11)13(19)18-7-8-21-15(9-18)5-3-4-6-17(2)14(15)20/h10H,3-9H2,1-2H3. The monoisotopic (exact) mass is 323 g/mol. The van der Waals surface area contributed by atoms with E-state index in [0.29, 0.717) is 31.0 Å². The van der Waals surface area contributed by atoms with Crippen LogP contribution in [0.5, 0.6) is 0 Å². The smallest absolute Gasteiger partial charge is 0.266 e. The van der Waals surface area contributed by atoms with Gasteiger partial charge in [0.1, 0.15) is 4.88 Å². The minimum atomic E-state index is -0.863. The van der Waals surface area contributed by atoms with Crippen LogP contribution in [-0.2, 0) is 9.53 Å². The van der Waals surface area contributed by atoms with Crippen LogP contribution >= 0.6 is 11.3 Å². The van der Waals surface area contributed by atoms with Crippen molar-refractivity contribution in [2.75, 3.05) is 33.3 Å². The van der Waals surface area contributed by atoms with Crippen LogP contribution < -0.4 is 0 Å². The van der Waals surface area contributed by atoms with Crippen LogP contribution in [0.15, 0.2) is 5.51 Å². The second kappa shape index (κ2) is 5.96. The number of nitrogens with zero attached hydrogens (tertiary/aromatic N) is 3. The molecule has 1 aromatic heterocycles. The third-order valence-corrected chi connectivity index (χ3v) is 5.39. The van der Waals surface area contributed by atoms with Crippen molar-refractivity contribution in [3.63, 3.8) is 0 Å². The molecule has 22 heavy (non-hydrogen) atoms. The van der Waals surface area contributed by atoms with Gasteiger partial charge >= 0.3 is 0 Å². The lowest BCUT2D eigenvalue weighted by Gasteiger charge is -2.42. The number of thiazole rings is 1. The normalized spacial score (nSPS) is 26.4. The second-order valence-electron chi connectivity index (χ2n) is 6.02. The van der Waals surface area contributed by atoms with Crippen LogP contribution in [0, 0.1) is 6.92 Å². The first-order valence-electron chi connectivity index (χ1n) is 7.62. The Bertz CT molecular complexity index is 588. The molecule has 1 aromatic rings. The number of amides is 2. The van der Waals surface area contributed by atoms with Crippen molar-refractivity contribution in [3.8, 4) is 0 Å². The zero-order valence-corrected chi connectivity index (χ0v) is 13.8. The summed E-state index contributed by atoms with van der Waals surface area (Å²) in [5.74, 6) is -0.0362. The fourth-order valence-corrected chi connectivity index (χ4v) is 3.97. The van der Waals surface area contributed by atoms with Gasteiger partial charge in [-0.1, -0.05) is 0 Å². The molecule has 120 valence electrons. The van der Waals surface area contributed by atoms with Crippen LogP contribution in [0.3, 0.4) is 0 Å². The molecule has 2 amide bonds. The molecule has 7 heteroatoms. The number of rotatable bonds is 1. The van der Waals surface area contributed by atoms with Crippen molar-refractivity contribution in [2.24, 2.45) is 0 Å². The van der Waals surface area contributed by atoms with E-state index in [0.717, 1.165) is 25.1 Å². The van der Waals surface area contributed by atoms with Gasteiger partial charge in [0.25, 0.3) is 11.8 Å². The summed E-state index contributed by atoms with van der Waals surface area (Å²) in [5, 5.41) is 0. The Balaban J connectivity index is 1.83. The van der Waals surface area contributed by atoms with Gasteiger partial charge in [0.15, 0.2) is 5.60 Å². The van der Waals surface area contributed by atoms with E-state index in [1.807, 2.05) is 14.0 Å². The summed E-state index contributed by atoms with van der Waals surface area (Å²) in [6.45, 7) is 3.86. The van der Waals surface area contributed by atoms with Gasteiger partial charge in [-0.2, -0.15) is 0 Å². The van der Waals surface area contributed by atoms with E-state index >= 15 is 0 Å². The van der Waals surface area contributed by atoms with Crippen LogP contribution in [0.2, 0.25) is 0 Å². The topological polar surface area (TPSA) is 62.7 Å². The molecule has 1 atom stereocenters. The number of carbonyl (C=O) groups is 2.